The molecule has 0 spiro atoms. The molecule has 0 aliphatic rings. The molecule has 7 aromatic carbocycles. The number of hydrogen-bond acceptors (Lipinski definition) is 26. The van der Waals surface area contributed by atoms with Crippen LogP contribution >= 0.6 is 23.6 Å². The molecule has 74 heavy (non-hydrogen) atoms. The molecule has 8 rings (SSSR count). The fourth-order valence-electron chi connectivity index (χ4n) is 6.74. The van der Waals surface area contributed by atoms with Crippen LogP contribution in [0.4, 0.5) is 57.4 Å². The van der Waals surface area contributed by atoms with Gasteiger partial charge < -0.3 is 40.4 Å². The number of nitrogens with zero attached hydrogens (tertiary/aromatic N) is 8. The molecule has 0 atom stereocenters. The standard InChI is InChI=1S/C39H26ClN11O15S4.4Na/c40-37-44-38(42-20-5-9-27(41)31(15-20)51(53)54)46-39(45-37)43-30-17-25-19(14-34(30)70(62,63)64)13-32(67-66-65-55)35(36(25)52)50-49-29-11-10-28(24-8-6-22(16-26(24)29)68(56,57)58)48-47-21-4-7-23-18(12-21)2-1-3-33(23)69(59,60)61;;;;/h1-17,52,55H,41H2,(H,56,57,58)(H,59,60,61)(H,62,63,64)(H2,42,43,44,45,46);;;;/q;4*+1/p-4. The Morgan fingerprint density at radius 2 is 1.31 bits per heavy atom. The molecular formula is C39H22ClN11Na4O15S4. The van der Waals surface area contributed by atoms with E-state index in [0.29, 0.717) is 5.39 Å². The van der Waals surface area contributed by atoms with Crippen molar-refractivity contribution >= 4 is 144 Å². The summed E-state index contributed by atoms with van der Waals surface area (Å²) in [5.41, 5.74) is 4.34. The van der Waals surface area contributed by atoms with E-state index in [1.807, 2.05) is 0 Å². The third-order valence-corrected chi connectivity index (χ3v) is 13.2. The minimum absolute atomic E-state index is 0. The molecule has 0 aliphatic carbocycles. The number of azo groups is 2. The number of benzene rings is 7. The molecule has 35 heteroatoms. The van der Waals surface area contributed by atoms with Crippen molar-refractivity contribution in [2.24, 2.45) is 20.5 Å². The minimum atomic E-state index is -5.36. The topological polar surface area (TPSA) is 415 Å². The van der Waals surface area contributed by atoms with Gasteiger partial charge in [-0.25, -0.2) is 25.3 Å². The number of hydrogen-bond donors (Lipinski definition) is 4. The predicted molar refractivity (Wildman–Crippen MR) is 243 cm³/mol. The Labute approximate surface area is 514 Å². The number of aromatic nitrogens is 3. The minimum Gasteiger partial charge on any atom is -0.744 e. The molecule has 1 heterocycles. The summed E-state index contributed by atoms with van der Waals surface area (Å²) in [7, 11) is -15.2. The van der Waals surface area contributed by atoms with Crippen LogP contribution in [-0.2, 0) is 39.7 Å². The summed E-state index contributed by atoms with van der Waals surface area (Å²) in [6.07, 6.45) is 0. The van der Waals surface area contributed by atoms with Gasteiger partial charge in [0.1, 0.15) is 41.7 Å². The van der Waals surface area contributed by atoms with Crippen LogP contribution in [0.5, 0.6) is 5.75 Å². The molecule has 0 bridgehead atoms. The second-order valence-electron chi connectivity index (χ2n) is 14.1. The largest absolute Gasteiger partial charge is 1.00 e. The first-order chi connectivity index (χ1) is 33.1. The van der Waals surface area contributed by atoms with E-state index in [1.54, 1.807) is 6.07 Å². The van der Waals surface area contributed by atoms with Crippen LogP contribution in [0.3, 0.4) is 0 Å². The molecule has 0 saturated carbocycles. The van der Waals surface area contributed by atoms with E-state index in [0.717, 1.165) is 42.5 Å². The van der Waals surface area contributed by atoms with Gasteiger partial charge in [-0.15, -0.1) is 15.3 Å². The Morgan fingerprint density at radius 3 is 1.96 bits per heavy atom. The SMILES string of the molecule is Nc1ccc(Nc2nc(Cl)nc(Nc3cc4c(O)c(N=Nc5ccc(N=Nc6ccc7c(S(=O)(=O)[O-])cccc7c6)c6ccc(S(=O)(=O)[O-])cc56)c(SOO[O-])cc4cc3S(=O)(=O)[O-])n2)cc1[N+](=O)[O-].[Na+].[Na+].[Na+].[Na+]. The van der Waals surface area contributed by atoms with Crippen LogP contribution in [0.1, 0.15) is 0 Å². The number of anilines is 5. The summed E-state index contributed by atoms with van der Waals surface area (Å²) >= 11 is 6.30. The van der Waals surface area contributed by atoms with Crippen molar-refractivity contribution in [2.75, 3.05) is 16.4 Å². The van der Waals surface area contributed by atoms with Crippen molar-refractivity contribution in [3.05, 3.63) is 119 Å². The molecule has 26 nitrogen and oxygen atoms in total. The molecule has 5 N–H and O–H groups in total. The quantitative estimate of drug-likeness (QED) is 0.0110. The molecule has 0 aliphatic heterocycles. The average molecular weight is 1140 g/mol. The number of phenols is 1. The number of phenolic OH excluding ortho intramolecular Hbond substituents is 1. The van der Waals surface area contributed by atoms with Crippen molar-refractivity contribution in [2.45, 2.75) is 19.6 Å². The first-order valence-corrected chi connectivity index (χ1v) is 24.2. The van der Waals surface area contributed by atoms with Crippen molar-refractivity contribution in [3.8, 4) is 5.75 Å². The Hall–Kier alpha value is -3.62. The van der Waals surface area contributed by atoms with E-state index < -0.39 is 84.0 Å². The third kappa shape index (κ3) is 14.5. The zero-order valence-electron chi connectivity index (χ0n) is 38.1. The molecular weight excluding hydrogens is 1120 g/mol. The van der Waals surface area contributed by atoms with Gasteiger partial charge in [0.15, 0.2) is 5.75 Å². The van der Waals surface area contributed by atoms with Crippen molar-refractivity contribution in [3.63, 3.8) is 0 Å². The number of fused-ring (bicyclic) bond motifs is 3. The zero-order chi connectivity index (χ0) is 50.3. The van der Waals surface area contributed by atoms with Crippen LogP contribution in [0, 0.1) is 10.1 Å². The van der Waals surface area contributed by atoms with E-state index in [1.165, 1.54) is 54.6 Å². The summed E-state index contributed by atoms with van der Waals surface area (Å²) < 4.78 is 114. The Bertz CT molecular complexity index is 3930. The van der Waals surface area contributed by atoms with E-state index in [9.17, 15) is 59.4 Å². The van der Waals surface area contributed by atoms with E-state index in [-0.39, 0.29) is 196 Å². The molecule has 1 aromatic heterocycles. The summed E-state index contributed by atoms with van der Waals surface area (Å²) in [4.78, 5) is 20.3. The number of aromatic hydroxyl groups is 1. The number of halogens is 1. The number of nitrogens with two attached hydrogens (primary N) is 1. The van der Waals surface area contributed by atoms with Gasteiger partial charge in [-0.2, -0.15) is 24.4 Å². The fourth-order valence-corrected chi connectivity index (χ4v) is 9.24. The van der Waals surface area contributed by atoms with Gasteiger partial charge in [-0.1, -0.05) is 24.3 Å². The Morgan fingerprint density at radius 1 is 0.662 bits per heavy atom. The van der Waals surface area contributed by atoms with Crippen LogP contribution in [-0.4, -0.2) is 63.9 Å². The second kappa shape index (κ2) is 25.7. The third-order valence-electron chi connectivity index (χ3n) is 9.76. The summed E-state index contributed by atoms with van der Waals surface area (Å²) in [5.74, 6) is -1.56. The van der Waals surface area contributed by atoms with Gasteiger partial charge in [-0.3, -0.25) is 15.2 Å². The van der Waals surface area contributed by atoms with E-state index in [4.69, 9.17) is 17.3 Å². The Kier molecular flexibility index (Phi) is 21.8. The van der Waals surface area contributed by atoms with Gasteiger partial charge in [0.25, 0.3) is 5.69 Å². The fraction of sp³-hybridized carbons (Fsp3) is 0. The summed E-state index contributed by atoms with van der Waals surface area (Å²) in [6.45, 7) is 0. The molecule has 0 amide bonds. The van der Waals surface area contributed by atoms with Crippen LogP contribution in [0.25, 0.3) is 32.3 Å². The first-order valence-electron chi connectivity index (χ1n) is 18.8. The van der Waals surface area contributed by atoms with E-state index in [2.05, 4.69) is 55.4 Å². The molecule has 8 aromatic rings. The number of nitro groups is 1. The Balaban J connectivity index is 0.00000296. The summed E-state index contributed by atoms with van der Waals surface area (Å²) in [6, 6.07) is 20.9. The molecule has 0 radical (unpaired) electrons. The summed E-state index contributed by atoms with van der Waals surface area (Å²) in [5, 5.41) is 59.3. The number of nitrogen functional groups attached to an aromatic ring is 1. The van der Waals surface area contributed by atoms with Crippen molar-refractivity contribution < 1.29 is 182 Å². The predicted octanol–water partition coefficient (Wildman–Crippen LogP) is -4.54. The van der Waals surface area contributed by atoms with Crippen LogP contribution in [0.2, 0.25) is 5.28 Å². The van der Waals surface area contributed by atoms with Crippen molar-refractivity contribution in [1.82, 2.24) is 15.0 Å². The zero-order valence-corrected chi connectivity index (χ0v) is 50.2. The average Bonchev–Trinajstić information content (AvgIpc) is 3.29. The van der Waals surface area contributed by atoms with Gasteiger partial charge in [0.05, 0.1) is 59.3 Å². The van der Waals surface area contributed by atoms with Crippen LogP contribution in [0.15, 0.2) is 143 Å². The molecule has 0 fully saturated rings. The monoisotopic (exact) mass is 1140 g/mol. The maximum atomic E-state index is 12.6. The smallest absolute Gasteiger partial charge is 0.744 e. The van der Waals surface area contributed by atoms with Gasteiger partial charge >= 0.3 is 118 Å². The number of nitro benzene ring substituents is 1. The molecule has 0 unspecified atom stereocenters. The second-order valence-corrected chi connectivity index (χ2v) is 19.3. The number of rotatable bonds is 15. The van der Waals surface area contributed by atoms with Crippen LogP contribution < -0.4 is 140 Å². The first kappa shape index (κ1) is 62.9. The van der Waals surface area contributed by atoms with Crippen molar-refractivity contribution in [1.29, 1.82) is 0 Å². The maximum Gasteiger partial charge on any atom is 1.00 e. The van der Waals surface area contributed by atoms with Gasteiger partial charge in [0, 0.05) is 27.9 Å². The van der Waals surface area contributed by atoms with Gasteiger partial charge in [0.2, 0.25) is 17.2 Å². The van der Waals surface area contributed by atoms with E-state index >= 15 is 0 Å². The van der Waals surface area contributed by atoms with Gasteiger partial charge in [-0.05, 0) is 101 Å². The number of nitrogens with one attached hydrogen (secondary N) is 2. The molecule has 358 valence electrons. The molecule has 0 saturated heterocycles. The normalized spacial score (nSPS) is 11.7. The maximum absolute atomic E-state index is 12.6.